The molecule has 0 atom stereocenters. The van der Waals surface area contributed by atoms with E-state index in [4.69, 9.17) is 11.6 Å². The number of aromatic nitrogens is 2. The monoisotopic (exact) mass is 399 g/mol. The second-order valence-corrected chi connectivity index (χ2v) is 7.16. The lowest BCUT2D eigenvalue weighted by Crippen LogP contribution is -2.33. The van der Waals surface area contributed by atoms with E-state index in [0.717, 1.165) is 16.0 Å². The third-order valence-corrected chi connectivity index (χ3v) is 4.94. The lowest BCUT2D eigenvalue weighted by atomic mass is 10.1. The smallest absolute Gasteiger partial charge is 0.267 e. The van der Waals surface area contributed by atoms with Gasteiger partial charge in [0.2, 0.25) is 5.91 Å². The summed E-state index contributed by atoms with van der Waals surface area (Å²) in [4.78, 5) is 25.4. The molecule has 5 nitrogen and oxygen atoms in total. The molecule has 3 aromatic rings. The van der Waals surface area contributed by atoms with Crippen molar-refractivity contribution in [3.8, 4) is 11.3 Å². The van der Waals surface area contributed by atoms with Crippen molar-refractivity contribution in [2.75, 3.05) is 6.26 Å². The molecule has 0 aliphatic heterocycles. The van der Waals surface area contributed by atoms with Gasteiger partial charge in [0.05, 0.1) is 5.69 Å². The van der Waals surface area contributed by atoms with Gasteiger partial charge in [0, 0.05) is 28.1 Å². The van der Waals surface area contributed by atoms with Crippen LogP contribution in [0.25, 0.3) is 11.3 Å². The van der Waals surface area contributed by atoms with Gasteiger partial charge in [-0.15, -0.1) is 11.8 Å². The Kier molecular flexibility index (Phi) is 6.32. The van der Waals surface area contributed by atoms with Crippen molar-refractivity contribution >= 4 is 29.3 Å². The highest BCUT2D eigenvalue weighted by molar-refractivity contribution is 7.98. The number of thioether (sulfide) groups is 1. The van der Waals surface area contributed by atoms with Gasteiger partial charge in [0.25, 0.3) is 5.56 Å². The maximum Gasteiger partial charge on any atom is 0.267 e. The van der Waals surface area contributed by atoms with E-state index in [0.29, 0.717) is 17.3 Å². The average Bonchev–Trinajstić information content (AvgIpc) is 2.69. The molecule has 0 radical (unpaired) electrons. The number of benzene rings is 2. The molecule has 138 valence electrons. The Morgan fingerprint density at radius 1 is 1.07 bits per heavy atom. The topological polar surface area (TPSA) is 64.0 Å². The third-order valence-electron chi connectivity index (χ3n) is 3.95. The first kappa shape index (κ1) is 19.2. The van der Waals surface area contributed by atoms with E-state index < -0.39 is 0 Å². The molecule has 0 spiro atoms. The number of hydrogen-bond acceptors (Lipinski definition) is 4. The van der Waals surface area contributed by atoms with Gasteiger partial charge in [0.15, 0.2) is 0 Å². The molecule has 1 heterocycles. The zero-order valence-electron chi connectivity index (χ0n) is 14.7. The number of amides is 1. The molecular weight excluding hydrogens is 382 g/mol. The molecule has 0 aliphatic rings. The molecule has 1 N–H and O–H groups in total. The maximum absolute atomic E-state index is 12.2. The summed E-state index contributed by atoms with van der Waals surface area (Å²) in [5, 5.41) is 7.75. The number of nitrogens with zero attached hydrogens (tertiary/aromatic N) is 2. The highest BCUT2D eigenvalue weighted by Gasteiger charge is 2.08. The van der Waals surface area contributed by atoms with Crippen LogP contribution >= 0.6 is 23.4 Å². The Balaban J connectivity index is 1.69. The van der Waals surface area contributed by atoms with Gasteiger partial charge in [-0.2, -0.15) is 5.10 Å². The molecule has 1 amide bonds. The minimum Gasteiger partial charge on any atom is -0.350 e. The van der Waals surface area contributed by atoms with E-state index in [-0.39, 0.29) is 18.0 Å². The summed E-state index contributed by atoms with van der Waals surface area (Å²) in [5.74, 6) is -0.283. The Labute approximate surface area is 166 Å². The summed E-state index contributed by atoms with van der Waals surface area (Å²) < 4.78 is 1.18. The molecule has 27 heavy (non-hydrogen) atoms. The highest BCUT2D eigenvalue weighted by Crippen LogP contribution is 2.20. The maximum atomic E-state index is 12.2. The summed E-state index contributed by atoms with van der Waals surface area (Å²) in [5.41, 5.74) is 2.15. The molecule has 1 aromatic heterocycles. The third kappa shape index (κ3) is 5.21. The Morgan fingerprint density at radius 3 is 2.44 bits per heavy atom. The fourth-order valence-electron chi connectivity index (χ4n) is 2.47. The molecule has 3 rings (SSSR count). The molecule has 0 bridgehead atoms. The molecule has 0 saturated carbocycles. The van der Waals surface area contributed by atoms with Crippen LogP contribution in [0.3, 0.4) is 0 Å². The molecule has 0 fully saturated rings. The van der Waals surface area contributed by atoms with Crippen LogP contribution in [-0.2, 0) is 17.9 Å². The number of halogens is 1. The van der Waals surface area contributed by atoms with E-state index in [1.165, 1.54) is 10.7 Å². The molecule has 7 heteroatoms. The van der Waals surface area contributed by atoms with Crippen LogP contribution < -0.4 is 10.9 Å². The first-order valence-corrected chi connectivity index (χ1v) is 9.89. The second-order valence-electron chi connectivity index (χ2n) is 5.85. The number of carbonyl (C=O) groups is 1. The molecular formula is C20H18ClN3O2S. The van der Waals surface area contributed by atoms with Crippen LogP contribution in [0.4, 0.5) is 0 Å². The fraction of sp³-hybridized carbons (Fsp3) is 0.150. The lowest BCUT2D eigenvalue weighted by molar-refractivity contribution is -0.122. The van der Waals surface area contributed by atoms with Crippen LogP contribution in [0, 0.1) is 0 Å². The van der Waals surface area contributed by atoms with E-state index in [9.17, 15) is 9.59 Å². The summed E-state index contributed by atoms with van der Waals surface area (Å²) >= 11 is 7.50. The quantitative estimate of drug-likeness (QED) is 0.643. The molecule has 2 aromatic carbocycles. The van der Waals surface area contributed by atoms with E-state index in [1.807, 2.05) is 42.7 Å². The van der Waals surface area contributed by atoms with Gasteiger partial charge < -0.3 is 5.32 Å². The van der Waals surface area contributed by atoms with Gasteiger partial charge >= 0.3 is 0 Å². The number of hydrogen-bond donors (Lipinski definition) is 1. The first-order chi connectivity index (χ1) is 13.0. The first-order valence-electron chi connectivity index (χ1n) is 8.29. The summed E-state index contributed by atoms with van der Waals surface area (Å²) in [6.45, 7) is 0.226. The van der Waals surface area contributed by atoms with Crippen molar-refractivity contribution in [3.05, 3.63) is 81.6 Å². The largest absolute Gasteiger partial charge is 0.350 e. The van der Waals surface area contributed by atoms with Gasteiger partial charge in [-0.05, 0) is 42.2 Å². The summed E-state index contributed by atoms with van der Waals surface area (Å²) in [6, 6.07) is 18.2. The SMILES string of the molecule is CSc1ccc(-c2ccc(=O)n(CC(=O)NCc3ccc(Cl)cc3)n2)cc1. The molecule has 0 saturated heterocycles. The predicted octanol–water partition coefficient (Wildman–Crippen LogP) is 3.60. The Hall–Kier alpha value is -2.57. The van der Waals surface area contributed by atoms with Crippen LogP contribution in [0.5, 0.6) is 0 Å². The van der Waals surface area contributed by atoms with E-state index >= 15 is 0 Å². The van der Waals surface area contributed by atoms with Gasteiger partial charge in [-0.3, -0.25) is 9.59 Å². The Bertz CT molecular complexity index is 985. The standard InChI is InChI=1S/C20H18ClN3O2S/c1-27-17-8-4-15(5-9-17)18-10-11-20(26)24(23-18)13-19(25)22-12-14-2-6-16(21)7-3-14/h2-11H,12-13H2,1H3,(H,22,25). The molecule has 0 aliphatic carbocycles. The lowest BCUT2D eigenvalue weighted by Gasteiger charge is -2.09. The number of carbonyl (C=O) groups excluding carboxylic acids is 1. The number of nitrogens with one attached hydrogen (secondary N) is 1. The predicted molar refractivity (Wildman–Crippen MR) is 109 cm³/mol. The van der Waals surface area contributed by atoms with Crippen LogP contribution in [0.1, 0.15) is 5.56 Å². The average molecular weight is 400 g/mol. The summed E-state index contributed by atoms with van der Waals surface area (Å²) in [7, 11) is 0. The minimum atomic E-state index is -0.318. The van der Waals surface area contributed by atoms with Crippen molar-refractivity contribution in [2.24, 2.45) is 0 Å². The molecule has 0 unspecified atom stereocenters. The van der Waals surface area contributed by atoms with Crippen LogP contribution in [0.2, 0.25) is 5.02 Å². The van der Waals surface area contributed by atoms with Gasteiger partial charge in [-0.25, -0.2) is 4.68 Å². The van der Waals surface area contributed by atoms with E-state index in [2.05, 4.69) is 10.4 Å². The van der Waals surface area contributed by atoms with Gasteiger partial charge in [-0.1, -0.05) is 35.9 Å². The normalized spacial score (nSPS) is 10.6. The fourth-order valence-corrected chi connectivity index (χ4v) is 3.01. The minimum absolute atomic E-state index is 0.136. The Morgan fingerprint density at radius 2 is 1.78 bits per heavy atom. The van der Waals surface area contributed by atoms with E-state index in [1.54, 1.807) is 30.0 Å². The van der Waals surface area contributed by atoms with Gasteiger partial charge in [0.1, 0.15) is 6.54 Å². The summed E-state index contributed by atoms with van der Waals surface area (Å²) in [6.07, 6.45) is 2.01. The zero-order chi connectivity index (χ0) is 19.2. The van der Waals surface area contributed by atoms with Crippen molar-refractivity contribution in [1.29, 1.82) is 0 Å². The number of rotatable bonds is 6. The second kappa shape index (κ2) is 8.88. The van der Waals surface area contributed by atoms with Crippen LogP contribution in [0.15, 0.2) is 70.4 Å². The van der Waals surface area contributed by atoms with Crippen LogP contribution in [-0.4, -0.2) is 21.9 Å². The van der Waals surface area contributed by atoms with Crippen molar-refractivity contribution in [3.63, 3.8) is 0 Å². The highest BCUT2D eigenvalue weighted by atomic mass is 35.5. The van der Waals surface area contributed by atoms with Crippen molar-refractivity contribution in [1.82, 2.24) is 15.1 Å². The zero-order valence-corrected chi connectivity index (χ0v) is 16.3. The van der Waals surface area contributed by atoms with Crippen molar-refractivity contribution in [2.45, 2.75) is 18.0 Å². The van der Waals surface area contributed by atoms with Crippen molar-refractivity contribution < 1.29 is 4.79 Å².